The Balaban J connectivity index is 5.25. The molecule has 0 aromatic rings. The molecule has 0 saturated carbocycles. The number of esters is 4. The molecule has 5 atom stereocenters. The lowest BCUT2D eigenvalue weighted by atomic mass is 10.0. The van der Waals surface area contributed by atoms with E-state index in [-0.39, 0.29) is 25.7 Å². The molecule has 17 nitrogen and oxygen atoms in total. The van der Waals surface area contributed by atoms with Gasteiger partial charge in [-0.1, -0.05) is 369 Å². The Bertz CT molecular complexity index is 1870. The van der Waals surface area contributed by atoms with Crippen molar-refractivity contribution < 1.29 is 80.2 Å². The fourth-order valence-corrected chi connectivity index (χ4v) is 13.8. The van der Waals surface area contributed by atoms with Crippen LogP contribution in [-0.4, -0.2) is 96.7 Å². The zero-order valence-corrected chi connectivity index (χ0v) is 65.7. The van der Waals surface area contributed by atoms with Crippen LogP contribution in [0.2, 0.25) is 0 Å². The standard InChI is InChI=1S/C79H154O17P2/c1-6-9-12-15-18-21-24-26-28-29-34-38-43-48-53-58-63-77(82)90-69-75(96-79(84)65-60-55-50-45-40-35-31-30-32-37-41-46-51-56-61-72(4)5)71-94-98(87,88)92-67-73(80)66-91-97(85,86)93-70-74(68-89-76(81)62-57-52-47-42-36-23-20-17-14-11-8-3)95-78(83)64-59-54-49-44-39-33-27-25-22-19-16-13-10-7-2/h72-75,80H,6-71H2,1-5H3,(H,85,86)(H,87,88)/t73-,74+,75+/m0/s1. The molecule has 0 aromatic carbocycles. The fraction of sp³-hybridized carbons (Fsp3) is 0.949. The average Bonchev–Trinajstić information content (AvgIpc) is 1.03. The van der Waals surface area contributed by atoms with Crippen LogP contribution in [0.5, 0.6) is 0 Å². The molecule has 0 heterocycles. The van der Waals surface area contributed by atoms with Crippen LogP contribution < -0.4 is 0 Å². The number of phosphoric acid groups is 2. The summed E-state index contributed by atoms with van der Waals surface area (Å²) < 4.78 is 68.7. The molecule has 0 aromatic heterocycles. The number of unbranched alkanes of at least 4 members (excludes halogenated alkanes) is 51. The Hall–Kier alpha value is -1.94. The summed E-state index contributed by atoms with van der Waals surface area (Å²) in [6.07, 6.45) is 62.2. The molecule has 0 rings (SSSR count). The van der Waals surface area contributed by atoms with Crippen LogP contribution in [-0.2, 0) is 65.4 Å². The largest absolute Gasteiger partial charge is 0.472 e. The van der Waals surface area contributed by atoms with Gasteiger partial charge in [0, 0.05) is 25.7 Å². The molecule has 0 bridgehead atoms. The number of hydrogen-bond acceptors (Lipinski definition) is 15. The van der Waals surface area contributed by atoms with Gasteiger partial charge in [-0.15, -0.1) is 0 Å². The van der Waals surface area contributed by atoms with Gasteiger partial charge in [0.2, 0.25) is 0 Å². The second kappa shape index (κ2) is 72.0. The molecule has 582 valence electrons. The van der Waals surface area contributed by atoms with Crippen LogP contribution in [0.25, 0.3) is 0 Å². The molecule has 0 aliphatic rings. The highest BCUT2D eigenvalue weighted by atomic mass is 31.2. The van der Waals surface area contributed by atoms with E-state index in [1.165, 1.54) is 244 Å². The molecule has 0 saturated heterocycles. The summed E-state index contributed by atoms with van der Waals surface area (Å²) in [5.41, 5.74) is 0. The summed E-state index contributed by atoms with van der Waals surface area (Å²) in [5, 5.41) is 10.6. The zero-order valence-electron chi connectivity index (χ0n) is 63.9. The molecular formula is C79H154O17P2. The molecule has 2 unspecified atom stereocenters. The van der Waals surface area contributed by atoms with Crippen LogP contribution in [0.15, 0.2) is 0 Å². The van der Waals surface area contributed by atoms with Gasteiger partial charge in [-0.3, -0.25) is 37.3 Å². The van der Waals surface area contributed by atoms with E-state index in [1.54, 1.807) is 0 Å². The minimum atomic E-state index is -4.96. The van der Waals surface area contributed by atoms with Gasteiger partial charge in [-0.2, -0.15) is 0 Å². The molecule has 0 fully saturated rings. The number of hydrogen-bond donors (Lipinski definition) is 3. The summed E-state index contributed by atoms with van der Waals surface area (Å²) in [4.78, 5) is 73.0. The third-order valence-corrected chi connectivity index (χ3v) is 20.4. The van der Waals surface area contributed by atoms with Gasteiger partial charge in [-0.05, 0) is 31.6 Å². The first-order valence-electron chi connectivity index (χ1n) is 41.1. The van der Waals surface area contributed by atoms with Crippen molar-refractivity contribution in [3.63, 3.8) is 0 Å². The number of rotatable bonds is 79. The SMILES string of the molecule is CCCCCCCCCCCCCCCCCCC(=O)OC[C@H](COP(=O)(O)OC[C@@H](O)COP(=O)(O)OC[C@@H](COC(=O)CCCCCCCCCCCCC)OC(=O)CCCCCCCCCCCCCCCC)OC(=O)CCCCCCCCCCCCCCCCC(C)C. The smallest absolute Gasteiger partial charge is 0.462 e. The van der Waals surface area contributed by atoms with Crippen LogP contribution >= 0.6 is 15.6 Å². The van der Waals surface area contributed by atoms with Crippen molar-refractivity contribution in [2.75, 3.05) is 39.6 Å². The normalized spacial score (nSPS) is 13.9. The maximum absolute atomic E-state index is 13.1. The molecule has 19 heteroatoms. The van der Waals surface area contributed by atoms with Crippen LogP contribution in [0, 0.1) is 5.92 Å². The third-order valence-electron chi connectivity index (χ3n) is 18.5. The van der Waals surface area contributed by atoms with E-state index in [2.05, 4.69) is 34.6 Å². The minimum absolute atomic E-state index is 0.108. The molecular weight excluding hydrogens is 1280 g/mol. The maximum Gasteiger partial charge on any atom is 0.472 e. The molecule has 0 amide bonds. The zero-order chi connectivity index (χ0) is 71.9. The summed E-state index contributed by atoms with van der Waals surface area (Å²) in [6.45, 7) is 7.35. The number of aliphatic hydroxyl groups is 1. The first kappa shape index (κ1) is 96.1. The molecule has 0 radical (unpaired) electrons. The Labute approximate surface area is 600 Å². The van der Waals surface area contributed by atoms with Crippen molar-refractivity contribution in [1.82, 2.24) is 0 Å². The van der Waals surface area contributed by atoms with E-state index in [9.17, 15) is 43.2 Å². The minimum Gasteiger partial charge on any atom is -0.462 e. The van der Waals surface area contributed by atoms with Gasteiger partial charge < -0.3 is 33.8 Å². The number of carbonyl (C=O) groups excluding carboxylic acids is 4. The third kappa shape index (κ3) is 72.4. The predicted octanol–water partition coefficient (Wildman–Crippen LogP) is 23.6. The highest BCUT2D eigenvalue weighted by Gasteiger charge is 2.30. The lowest BCUT2D eigenvalue weighted by Gasteiger charge is -2.21. The van der Waals surface area contributed by atoms with E-state index in [0.717, 1.165) is 95.8 Å². The lowest BCUT2D eigenvalue weighted by molar-refractivity contribution is -0.161. The summed E-state index contributed by atoms with van der Waals surface area (Å²) >= 11 is 0. The quantitative estimate of drug-likeness (QED) is 0.0222. The fourth-order valence-electron chi connectivity index (χ4n) is 12.2. The van der Waals surface area contributed by atoms with Crippen molar-refractivity contribution in [3.05, 3.63) is 0 Å². The van der Waals surface area contributed by atoms with Crippen LogP contribution in [0.3, 0.4) is 0 Å². The number of ether oxygens (including phenoxy) is 4. The van der Waals surface area contributed by atoms with Crippen LogP contribution in [0.4, 0.5) is 0 Å². The Kier molecular flexibility index (Phi) is 70.6. The first-order valence-corrected chi connectivity index (χ1v) is 44.1. The Morgan fingerprint density at radius 1 is 0.276 bits per heavy atom. The molecule has 0 spiro atoms. The summed E-state index contributed by atoms with van der Waals surface area (Å²) in [7, 11) is -9.91. The Morgan fingerprint density at radius 3 is 0.694 bits per heavy atom. The van der Waals surface area contributed by atoms with E-state index < -0.39 is 97.5 Å². The van der Waals surface area contributed by atoms with Crippen molar-refractivity contribution in [2.24, 2.45) is 5.92 Å². The van der Waals surface area contributed by atoms with E-state index in [1.807, 2.05) is 0 Å². The summed E-state index contributed by atoms with van der Waals surface area (Å²) in [5.74, 6) is -1.31. The molecule has 3 N–H and O–H groups in total. The second-order valence-corrected chi connectivity index (χ2v) is 31.8. The average molecular weight is 1440 g/mol. The van der Waals surface area contributed by atoms with Crippen molar-refractivity contribution >= 4 is 39.5 Å². The van der Waals surface area contributed by atoms with E-state index in [0.29, 0.717) is 25.7 Å². The highest BCUT2D eigenvalue weighted by Crippen LogP contribution is 2.45. The van der Waals surface area contributed by atoms with Crippen molar-refractivity contribution in [2.45, 2.75) is 438 Å². The second-order valence-electron chi connectivity index (χ2n) is 28.9. The first-order chi connectivity index (χ1) is 47.5. The summed E-state index contributed by atoms with van der Waals surface area (Å²) in [6, 6.07) is 0. The van der Waals surface area contributed by atoms with Crippen molar-refractivity contribution in [3.8, 4) is 0 Å². The van der Waals surface area contributed by atoms with Crippen LogP contribution in [0.1, 0.15) is 420 Å². The van der Waals surface area contributed by atoms with Gasteiger partial charge in [0.15, 0.2) is 12.2 Å². The number of phosphoric ester groups is 2. The Morgan fingerprint density at radius 2 is 0.469 bits per heavy atom. The van der Waals surface area contributed by atoms with E-state index >= 15 is 0 Å². The topological polar surface area (TPSA) is 237 Å². The van der Waals surface area contributed by atoms with Gasteiger partial charge in [0.1, 0.15) is 19.3 Å². The maximum atomic E-state index is 13.1. The highest BCUT2D eigenvalue weighted by molar-refractivity contribution is 7.47. The van der Waals surface area contributed by atoms with Gasteiger partial charge >= 0.3 is 39.5 Å². The predicted molar refractivity (Wildman–Crippen MR) is 400 cm³/mol. The lowest BCUT2D eigenvalue weighted by Crippen LogP contribution is -2.30. The monoisotopic (exact) mass is 1440 g/mol. The number of aliphatic hydroxyl groups excluding tert-OH is 1. The van der Waals surface area contributed by atoms with Gasteiger partial charge in [-0.25, -0.2) is 9.13 Å². The van der Waals surface area contributed by atoms with E-state index in [4.69, 9.17) is 37.0 Å². The van der Waals surface area contributed by atoms with Gasteiger partial charge in [0.05, 0.1) is 26.4 Å². The molecule has 0 aliphatic carbocycles. The number of carbonyl (C=O) groups is 4. The molecule has 0 aliphatic heterocycles. The van der Waals surface area contributed by atoms with Gasteiger partial charge in [0.25, 0.3) is 0 Å². The van der Waals surface area contributed by atoms with Crippen molar-refractivity contribution in [1.29, 1.82) is 0 Å². The molecule has 98 heavy (non-hydrogen) atoms.